The van der Waals surface area contributed by atoms with Crippen LogP contribution in [0.1, 0.15) is 18.4 Å². The molecule has 2 aliphatic rings. The molecule has 1 aromatic carbocycles. The summed E-state index contributed by atoms with van der Waals surface area (Å²) in [5, 5.41) is 1.74. The monoisotopic (exact) mass is 343 g/mol. The number of benzene rings is 1. The molecule has 2 fully saturated rings. The van der Waals surface area contributed by atoms with Gasteiger partial charge >= 0.3 is 0 Å². The van der Waals surface area contributed by atoms with Crippen LogP contribution in [0.5, 0.6) is 0 Å². The van der Waals surface area contributed by atoms with E-state index in [9.17, 15) is 8.42 Å². The van der Waals surface area contributed by atoms with E-state index in [4.69, 9.17) is 21.1 Å². The number of halogens is 1. The summed E-state index contributed by atoms with van der Waals surface area (Å²) in [6.45, 7) is 1.96. The van der Waals surface area contributed by atoms with E-state index in [-0.39, 0.29) is 0 Å². The first kappa shape index (κ1) is 16.0. The molecule has 0 aliphatic carbocycles. The molecule has 1 spiro atoms. The van der Waals surface area contributed by atoms with Gasteiger partial charge in [-0.2, -0.15) is 4.31 Å². The molecular weight excluding hydrogens is 326 g/mol. The number of ether oxygens (including phenoxy) is 2. The first-order valence-corrected chi connectivity index (χ1v) is 9.10. The zero-order valence-electron chi connectivity index (χ0n) is 12.1. The fourth-order valence-corrected chi connectivity index (χ4v) is 4.10. The van der Waals surface area contributed by atoms with Gasteiger partial charge in [0.2, 0.25) is 10.0 Å². The molecule has 0 atom stereocenters. The van der Waals surface area contributed by atoms with Crippen molar-refractivity contribution in [2.24, 2.45) is 0 Å². The lowest BCUT2D eigenvalue weighted by Crippen LogP contribution is -2.46. The van der Waals surface area contributed by atoms with Gasteiger partial charge in [0.1, 0.15) is 0 Å². The highest BCUT2D eigenvalue weighted by Crippen LogP contribution is 2.32. The predicted molar refractivity (Wildman–Crippen MR) is 84.8 cm³/mol. The van der Waals surface area contributed by atoms with Crippen LogP contribution >= 0.6 is 11.6 Å². The van der Waals surface area contributed by atoms with Crippen LogP contribution in [0.3, 0.4) is 0 Å². The van der Waals surface area contributed by atoms with Crippen molar-refractivity contribution in [3.63, 3.8) is 0 Å². The SMILES string of the molecule is O=S(=O)(/C=C/c1ccccc1Cl)N1CCC2(CC1)OCCO2. The number of sulfonamides is 1. The van der Waals surface area contributed by atoms with E-state index in [1.54, 1.807) is 18.2 Å². The third-order valence-electron chi connectivity index (χ3n) is 3.98. The largest absolute Gasteiger partial charge is 0.347 e. The molecule has 0 amide bonds. The summed E-state index contributed by atoms with van der Waals surface area (Å²) in [5.74, 6) is -0.571. The fraction of sp³-hybridized carbons (Fsp3) is 0.467. The van der Waals surface area contributed by atoms with Crippen LogP contribution in [0.15, 0.2) is 29.7 Å². The molecule has 120 valence electrons. The molecule has 3 rings (SSSR count). The van der Waals surface area contributed by atoms with E-state index in [2.05, 4.69) is 0 Å². The van der Waals surface area contributed by atoms with E-state index in [0.29, 0.717) is 49.7 Å². The second-order valence-corrected chi connectivity index (χ2v) is 7.60. The van der Waals surface area contributed by atoms with Crippen LogP contribution in [0.2, 0.25) is 5.02 Å². The van der Waals surface area contributed by atoms with Gasteiger partial charge in [-0.1, -0.05) is 29.8 Å². The molecule has 0 aromatic heterocycles. The van der Waals surface area contributed by atoms with Gasteiger partial charge in [0.25, 0.3) is 0 Å². The zero-order valence-corrected chi connectivity index (χ0v) is 13.6. The Morgan fingerprint density at radius 3 is 2.41 bits per heavy atom. The van der Waals surface area contributed by atoms with Gasteiger partial charge in [0, 0.05) is 36.4 Å². The number of hydrogen-bond acceptors (Lipinski definition) is 4. The minimum atomic E-state index is -3.46. The Labute approximate surface area is 135 Å². The van der Waals surface area contributed by atoms with Crippen molar-refractivity contribution in [1.29, 1.82) is 0 Å². The highest BCUT2D eigenvalue weighted by atomic mass is 35.5. The molecular formula is C15H18ClNO4S. The number of nitrogens with zero attached hydrogens (tertiary/aromatic N) is 1. The molecule has 5 nitrogen and oxygen atoms in total. The Kier molecular flexibility index (Phi) is 4.56. The zero-order chi connectivity index (χ0) is 15.6. The summed E-state index contributed by atoms with van der Waals surface area (Å²) < 4.78 is 37.4. The fourth-order valence-electron chi connectivity index (χ4n) is 2.72. The molecule has 0 unspecified atom stereocenters. The molecule has 22 heavy (non-hydrogen) atoms. The normalized spacial score (nSPS) is 22.6. The standard InChI is InChI=1S/C15H18ClNO4S/c16-14-4-2-1-3-13(14)5-12-22(18,19)17-8-6-15(7-9-17)20-10-11-21-15/h1-5,12H,6-11H2/b12-5+. The second kappa shape index (κ2) is 6.29. The Morgan fingerprint density at radius 2 is 1.77 bits per heavy atom. The summed E-state index contributed by atoms with van der Waals surface area (Å²) in [4.78, 5) is 0. The quantitative estimate of drug-likeness (QED) is 0.846. The van der Waals surface area contributed by atoms with E-state index in [1.165, 1.54) is 15.8 Å². The van der Waals surface area contributed by atoms with Crippen LogP contribution in [-0.2, 0) is 19.5 Å². The lowest BCUT2D eigenvalue weighted by molar-refractivity contribution is -0.179. The van der Waals surface area contributed by atoms with Gasteiger partial charge in [-0.25, -0.2) is 8.42 Å². The Bertz CT molecular complexity index is 658. The highest BCUT2D eigenvalue weighted by molar-refractivity contribution is 7.92. The number of piperidine rings is 1. The van der Waals surface area contributed by atoms with Crippen molar-refractivity contribution >= 4 is 27.7 Å². The van der Waals surface area contributed by atoms with Crippen molar-refractivity contribution in [3.8, 4) is 0 Å². The molecule has 0 radical (unpaired) electrons. The molecule has 7 heteroatoms. The Hall–Kier alpha value is -0.920. The summed E-state index contributed by atoms with van der Waals surface area (Å²) >= 11 is 6.03. The van der Waals surface area contributed by atoms with Gasteiger partial charge < -0.3 is 9.47 Å². The van der Waals surface area contributed by atoms with E-state index >= 15 is 0 Å². The topological polar surface area (TPSA) is 55.8 Å². The summed E-state index contributed by atoms with van der Waals surface area (Å²) in [6, 6.07) is 7.13. The second-order valence-electron chi connectivity index (χ2n) is 5.38. The van der Waals surface area contributed by atoms with Gasteiger partial charge in [-0.3, -0.25) is 0 Å². The van der Waals surface area contributed by atoms with Crippen LogP contribution in [0.4, 0.5) is 0 Å². The molecule has 0 bridgehead atoms. The van der Waals surface area contributed by atoms with Crippen molar-refractivity contribution in [2.45, 2.75) is 18.6 Å². The van der Waals surface area contributed by atoms with Gasteiger partial charge in [0.05, 0.1) is 13.2 Å². The van der Waals surface area contributed by atoms with Crippen LogP contribution in [0.25, 0.3) is 6.08 Å². The van der Waals surface area contributed by atoms with Crippen molar-refractivity contribution in [3.05, 3.63) is 40.3 Å². The van der Waals surface area contributed by atoms with Gasteiger partial charge in [-0.15, -0.1) is 0 Å². The third kappa shape index (κ3) is 3.36. The van der Waals surface area contributed by atoms with Gasteiger partial charge in [-0.05, 0) is 17.7 Å². The lowest BCUT2D eigenvalue weighted by Gasteiger charge is -2.36. The average molecular weight is 344 g/mol. The number of hydrogen-bond donors (Lipinski definition) is 0. The Morgan fingerprint density at radius 1 is 1.14 bits per heavy atom. The summed E-state index contributed by atoms with van der Waals surface area (Å²) in [5.41, 5.74) is 0.684. The first-order valence-electron chi connectivity index (χ1n) is 7.22. The highest BCUT2D eigenvalue weighted by Gasteiger charge is 2.41. The van der Waals surface area contributed by atoms with E-state index < -0.39 is 15.8 Å². The minimum absolute atomic E-state index is 0.398. The molecule has 1 aromatic rings. The van der Waals surface area contributed by atoms with Crippen LogP contribution in [0, 0.1) is 0 Å². The molecule has 2 heterocycles. The first-order chi connectivity index (χ1) is 10.5. The van der Waals surface area contributed by atoms with E-state index in [0.717, 1.165) is 0 Å². The minimum Gasteiger partial charge on any atom is -0.347 e. The maximum Gasteiger partial charge on any atom is 0.236 e. The van der Waals surface area contributed by atoms with Crippen LogP contribution < -0.4 is 0 Å². The molecule has 0 N–H and O–H groups in total. The summed E-state index contributed by atoms with van der Waals surface area (Å²) in [7, 11) is -3.46. The van der Waals surface area contributed by atoms with Crippen molar-refractivity contribution < 1.29 is 17.9 Å². The third-order valence-corrected chi connectivity index (χ3v) is 5.89. The van der Waals surface area contributed by atoms with Crippen molar-refractivity contribution in [1.82, 2.24) is 4.31 Å². The summed E-state index contributed by atoms with van der Waals surface area (Å²) in [6.07, 6.45) is 2.66. The molecule has 0 saturated carbocycles. The Balaban J connectivity index is 1.68. The van der Waals surface area contributed by atoms with E-state index in [1.807, 2.05) is 6.07 Å². The van der Waals surface area contributed by atoms with Crippen molar-refractivity contribution in [2.75, 3.05) is 26.3 Å². The average Bonchev–Trinajstić information content (AvgIpc) is 2.95. The van der Waals surface area contributed by atoms with Crippen LogP contribution in [-0.4, -0.2) is 44.8 Å². The molecule has 2 saturated heterocycles. The molecule has 2 aliphatic heterocycles. The van der Waals surface area contributed by atoms with Gasteiger partial charge in [0.15, 0.2) is 5.79 Å². The smallest absolute Gasteiger partial charge is 0.236 e. The maximum atomic E-state index is 12.4. The maximum absolute atomic E-state index is 12.4. The lowest BCUT2D eigenvalue weighted by atomic mass is 10.1. The number of rotatable bonds is 3. The predicted octanol–water partition coefficient (Wildman–Crippen LogP) is 2.48.